The summed E-state index contributed by atoms with van der Waals surface area (Å²) >= 11 is 1.47. The van der Waals surface area contributed by atoms with Gasteiger partial charge in [0.1, 0.15) is 11.9 Å². The molecule has 4 nitrogen and oxygen atoms in total. The van der Waals surface area contributed by atoms with E-state index < -0.39 is 6.04 Å². The highest BCUT2D eigenvalue weighted by molar-refractivity contribution is 7.99. The molecule has 2 amide bonds. The van der Waals surface area contributed by atoms with Crippen LogP contribution in [-0.2, 0) is 21.8 Å². The number of amides is 2. The highest BCUT2D eigenvalue weighted by Gasteiger charge is 2.25. The highest BCUT2D eigenvalue weighted by Crippen LogP contribution is 2.15. The molecule has 0 aromatic heterocycles. The van der Waals surface area contributed by atoms with Gasteiger partial charge in [-0.15, -0.1) is 11.8 Å². The van der Waals surface area contributed by atoms with Gasteiger partial charge >= 0.3 is 0 Å². The van der Waals surface area contributed by atoms with Gasteiger partial charge in [0.15, 0.2) is 0 Å². The first-order valence-corrected chi connectivity index (χ1v) is 11.0. The van der Waals surface area contributed by atoms with E-state index in [-0.39, 0.29) is 29.4 Å². The summed E-state index contributed by atoms with van der Waals surface area (Å²) in [6.07, 6.45) is 0.689. The lowest BCUT2D eigenvalue weighted by atomic mass is 10.1. The first-order chi connectivity index (χ1) is 13.9. The average molecular weight is 417 g/mol. The number of halogens is 1. The predicted octanol–water partition coefficient (Wildman–Crippen LogP) is 4.04. The normalized spacial score (nSPS) is 11.9. The number of thioether (sulfide) groups is 1. The van der Waals surface area contributed by atoms with Crippen LogP contribution in [0.2, 0.25) is 0 Å². The Morgan fingerprint density at radius 1 is 1.00 bits per heavy atom. The Kier molecular flexibility index (Phi) is 9.19. The minimum Gasteiger partial charge on any atom is -0.352 e. The molecule has 0 spiro atoms. The molecule has 0 bridgehead atoms. The summed E-state index contributed by atoms with van der Waals surface area (Å²) in [7, 11) is 0. The Bertz CT molecular complexity index is 781. The number of benzene rings is 2. The van der Waals surface area contributed by atoms with Gasteiger partial charge in [0.2, 0.25) is 11.8 Å². The lowest BCUT2D eigenvalue weighted by Gasteiger charge is -2.29. The van der Waals surface area contributed by atoms with E-state index in [4.69, 9.17) is 0 Å². The largest absolute Gasteiger partial charge is 0.352 e. The molecule has 0 aliphatic heterocycles. The molecule has 0 radical (unpaired) electrons. The fraction of sp³-hybridized carbons (Fsp3) is 0.391. The number of nitrogens with zero attached hydrogens (tertiary/aromatic N) is 1. The summed E-state index contributed by atoms with van der Waals surface area (Å²) < 4.78 is 13.0. The number of hydrogen-bond acceptors (Lipinski definition) is 3. The summed E-state index contributed by atoms with van der Waals surface area (Å²) in [4.78, 5) is 27.1. The standard InChI is InChI=1S/C23H29FN2O2S/c1-17(2)25-23(28)18(3)26(14-13-19-7-5-4-6-8-19)22(27)16-29-15-20-9-11-21(24)12-10-20/h4-12,17-18H,13-16H2,1-3H3,(H,25,28)/t18-/m1/s1. The van der Waals surface area contributed by atoms with Crippen molar-refractivity contribution in [3.8, 4) is 0 Å². The zero-order valence-electron chi connectivity index (χ0n) is 17.2. The van der Waals surface area contributed by atoms with Crippen LogP contribution in [0.25, 0.3) is 0 Å². The Morgan fingerprint density at radius 2 is 1.66 bits per heavy atom. The molecule has 156 valence electrons. The van der Waals surface area contributed by atoms with Crippen molar-refractivity contribution >= 4 is 23.6 Å². The van der Waals surface area contributed by atoms with E-state index in [2.05, 4.69) is 5.32 Å². The van der Waals surface area contributed by atoms with Crippen LogP contribution in [0.15, 0.2) is 54.6 Å². The topological polar surface area (TPSA) is 49.4 Å². The van der Waals surface area contributed by atoms with E-state index in [1.54, 1.807) is 24.0 Å². The molecule has 0 saturated carbocycles. The molecule has 29 heavy (non-hydrogen) atoms. The van der Waals surface area contributed by atoms with Crippen molar-refractivity contribution in [3.05, 3.63) is 71.5 Å². The van der Waals surface area contributed by atoms with Gasteiger partial charge in [-0.2, -0.15) is 0 Å². The van der Waals surface area contributed by atoms with Crippen LogP contribution in [0.4, 0.5) is 4.39 Å². The first-order valence-electron chi connectivity index (χ1n) is 9.82. The fourth-order valence-corrected chi connectivity index (χ4v) is 3.77. The van der Waals surface area contributed by atoms with Crippen LogP contribution in [0.5, 0.6) is 0 Å². The highest BCUT2D eigenvalue weighted by atomic mass is 32.2. The molecule has 2 rings (SSSR count). The van der Waals surface area contributed by atoms with Crippen LogP contribution < -0.4 is 5.32 Å². The second kappa shape index (κ2) is 11.6. The number of nitrogens with one attached hydrogen (secondary N) is 1. The quantitative estimate of drug-likeness (QED) is 0.636. The number of carbonyl (C=O) groups is 2. The van der Waals surface area contributed by atoms with Gasteiger partial charge in [-0.3, -0.25) is 9.59 Å². The van der Waals surface area contributed by atoms with E-state index in [9.17, 15) is 14.0 Å². The zero-order chi connectivity index (χ0) is 21.2. The maximum atomic E-state index is 13.0. The van der Waals surface area contributed by atoms with Gasteiger partial charge in [-0.05, 0) is 50.5 Å². The van der Waals surface area contributed by atoms with Gasteiger partial charge in [-0.25, -0.2) is 4.39 Å². The van der Waals surface area contributed by atoms with Crippen LogP contribution in [0.3, 0.4) is 0 Å². The lowest BCUT2D eigenvalue weighted by molar-refractivity contribution is -0.138. The van der Waals surface area contributed by atoms with Crippen molar-refractivity contribution in [3.63, 3.8) is 0 Å². The molecule has 6 heteroatoms. The summed E-state index contributed by atoms with van der Waals surface area (Å²) in [5.41, 5.74) is 2.09. The lowest BCUT2D eigenvalue weighted by Crippen LogP contribution is -2.50. The van der Waals surface area contributed by atoms with Crippen LogP contribution in [-0.4, -0.2) is 41.1 Å². The van der Waals surface area contributed by atoms with E-state index in [0.29, 0.717) is 18.7 Å². The minimum atomic E-state index is -0.542. The Balaban J connectivity index is 1.98. The fourth-order valence-electron chi connectivity index (χ4n) is 2.89. The Labute approximate surface area is 176 Å². The van der Waals surface area contributed by atoms with Crippen molar-refractivity contribution < 1.29 is 14.0 Å². The van der Waals surface area contributed by atoms with Gasteiger partial charge in [0, 0.05) is 18.3 Å². The van der Waals surface area contributed by atoms with E-state index in [1.165, 1.54) is 23.9 Å². The maximum absolute atomic E-state index is 13.0. The van der Waals surface area contributed by atoms with Crippen LogP contribution in [0.1, 0.15) is 31.9 Å². The molecule has 2 aromatic carbocycles. The molecule has 0 unspecified atom stereocenters. The van der Waals surface area contributed by atoms with Crippen LogP contribution in [0, 0.1) is 5.82 Å². The molecule has 1 atom stereocenters. The van der Waals surface area contributed by atoms with Crippen molar-refractivity contribution in [1.29, 1.82) is 0 Å². The van der Waals surface area contributed by atoms with Crippen molar-refractivity contribution in [2.24, 2.45) is 0 Å². The molecule has 1 N–H and O–H groups in total. The SMILES string of the molecule is CC(C)NC(=O)[C@@H](C)N(CCc1ccccc1)C(=O)CSCc1ccc(F)cc1. The monoisotopic (exact) mass is 416 g/mol. The van der Waals surface area contributed by atoms with Crippen molar-refractivity contribution in [1.82, 2.24) is 10.2 Å². The molecule has 0 heterocycles. The Morgan fingerprint density at radius 3 is 2.28 bits per heavy atom. The summed E-state index contributed by atoms with van der Waals surface area (Å²) in [6.45, 7) is 6.05. The van der Waals surface area contributed by atoms with Crippen LogP contribution >= 0.6 is 11.8 Å². The zero-order valence-corrected chi connectivity index (χ0v) is 18.0. The maximum Gasteiger partial charge on any atom is 0.242 e. The average Bonchev–Trinajstić information content (AvgIpc) is 2.69. The number of carbonyl (C=O) groups excluding carboxylic acids is 2. The van der Waals surface area contributed by atoms with Gasteiger partial charge in [0.25, 0.3) is 0 Å². The second-order valence-electron chi connectivity index (χ2n) is 7.28. The number of rotatable bonds is 10. The molecule has 2 aromatic rings. The molecular weight excluding hydrogens is 387 g/mol. The predicted molar refractivity (Wildman–Crippen MR) is 117 cm³/mol. The molecule has 0 aliphatic carbocycles. The molecule has 0 aliphatic rings. The molecule has 0 saturated heterocycles. The van der Waals surface area contributed by atoms with Crippen molar-refractivity contribution in [2.75, 3.05) is 12.3 Å². The molecular formula is C23H29FN2O2S. The minimum absolute atomic E-state index is 0.0175. The van der Waals surface area contributed by atoms with E-state index in [1.807, 2.05) is 44.2 Å². The third-order valence-corrected chi connectivity index (χ3v) is 5.48. The van der Waals surface area contributed by atoms with E-state index in [0.717, 1.165) is 11.1 Å². The van der Waals surface area contributed by atoms with E-state index >= 15 is 0 Å². The van der Waals surface area contributed by atoms with Gasteiger partial charge < -0.3 is 10.2 Å². The van der Waals surface area contributed by atoms with Crippen molar-refractivity contribution in [2.45, 2.75) is 45.0 Å². The third kappa shape index (κ3) is 7.89. The second-order valence-corrected chi connectivity index (χ2v) is 8.27. The molecule has 0 fully saturated rings. The summed E-state index contributed by atoms with van der Waals surface area (Å²) in [6, 6.07) is 15.7. The Hall–Kier alpha value is -2.34. The third-order valence-electron chi connectivity index (χ3n) is 4.49. The first kappa shape index (κ1) is 22.9. The van der Waals surface area contributed by atoms with Gasteiger partial charge in [-0.1, -0.05) is 42.5 Å². The summed E-state index contributed by atoms with van der Waals surface area (Å²) in [5, 5.41) is 2.89. The smallest absolute Gasteiger partial charge is 0.242 e. The number of hydrogen-bond donors (Lipinski definition) is 1. The van der Waals surface area contributed by atoms with Gasteiger partial charge in [0.05, 0.1) is 5.75 Å². The summed E-state index contributed by atoms with van der Waals surface area (Å²) in [5.74, 6) is 0.396.